The number of pyridine rings is 1. The third kappa shape index (κ3) is 5.15. The molecule has 0 amide bonds. The summed E-state index contributed by atoms with van der Waals surface area (Å²) in [5.74, 6) is 0.898. The number of hydrogen-bond acceptors (Lipinski definition) is 1. The van der Waals surface area contributed by atoms with Gasteiger partial charge in [-0.2, -0.15) is 4.57 Å². The maximum atomic E-state index is 7.69. The first-order chi connectivity index (χ1) is 30.8. The summed E-state index contributed by atoms with van der Waals surface area (Å²) >= 11 is 0. The van der Waals surface area contributed by atoms with Gasteiger partial charge in [-0.3, -0.25) is 0 Å². The Kier molecular flexibility index (Phi) is 7.46. The Morgan fingerprint density at radius 1 is 0.460 bits per heavy atom. The highest BCUT2D eigenvalue weighted by Crippen LogP contribution is 2.54. The fourth-order valence-corrected chi connectivity index (χ4v) is 10.5. The van der Waals surface area contributed by atoms with Crippen molar-refractivity contribution in [1.82, 2.24) is 4.57 Å². The number of fused-ring (bicyclic) bond motifs is 5. The highest BCUT2D eigenvalue weighted by molar-refractivity contribution is 5.99. The van der Waals surface area contributed by atoms with Crippen molar-refractivity contribution in [1.29, 1.82) is 0 Å². The molecule has 10 aromatic rings. The second kappa shape index (κ2) is 13.1. The predicted molar refractivity (Wildman–Crippen MR) is 254 cm³/mol. The molecule has 1 unspecified atom stereocenters. The molecule has 8 aromatic carbocycles. The molecule has 0 bridgehead atoms. The van der Waals surface area contributed by atoms with Crippen LogP contribution in [0.2, 0.25) is 0 Å². The first kappa shape index (κ1) is 35.9. The summed E-state index contributed by atoms with van der Waals surface area (Å²) in [7, 11) is 0. The Bertz CT molecular complexity index is 3490. The summed E-state index contributed by atoms with van der Waals surface area (Å²) in [6, 6.07) is 73.2. The Labute approximate surface area is 367 Å². The molecule has 3 aliphatic rings. The fraction of sp³-hybridized carbons (Fsp3) is 0.0847. The van der Waals surface area contributed by atoms with Crippen LogP contribution in [0.4, 0.5) is 0 Å². The molecule has 4 nitrogen and oxygen atoms in total. The molecule has 63 heavy (non-hydrogen) atoms. The van der Waals surface area contributed by atoms with Crippen molar-refractivity contribution in [2.45, 2.75) is 32.0 Å². The number of benzene rings is 8. The van der Waals surface area contributed by atoms with Crippen LogP contribution in [0.15, 0.2) is 206 Å². The lowest BCUT2D eigenvalue weighted by Gasteiger charge is -2.32. The largest absolute Gasteiger partial charge is 0.499 e. The molecular formula is C59H43N3O+2. The molecule has 298 valence electrons. The van der Waals surface area contributed by atoms with Gasteiger partial charge in [0.15, 0.2) is 17.2 Å². The van der Waals surface area contributed by atoms with Crippen LogP contribution in [0.3, 0.4) is 0 Å². The molecule has 0 aliphatic carbocycles. The smallest absolute Gasteiger partial charge is 0.392 e. The van der Waals surface area contributed by atoms with E-state index < -0.39 is 5.85 Å². The van der Waals surface area contributed by atoms with Crippen molar-refractivity contribution in [3.8, 4) is 89.7 Å². The number of aromatic nitrogens is 3. The zero-order chi connectivity index (χ0) is 42.0. The van der Waals surface area contributed by atoms with Gasteiger partial charge < -0.3 is 4.74 Å². The van der Waals surface area contributed by atoms with Crippen LogP contribution in [-0.4, -0.2) is 4.57 Å². The third-order valence-corrected chi connectivity index (χ3v) is 13.5. The second-order valence-corrected chi connectivity index (χ2v) is 18.2. The zero-order valence-corrected chi connectivity index (χ0v) is 35.4. The van der Waals surface area contributed by atoms with Gasteiger partial charge in [0.1, 0.15) is 22.6 Å². The van der Waals surface area contributed by atoms with E-state index in [4.69, 9.17) is 4.74 Å². The van der Waals surface area contributed by atoms with Crippen LogP contribution in [0.1, 0.15) is 31.9 Å². The second-order valence-electron chi connectivity index (χ2n) is 18.2. The van der Waals surface area contributed by atoms with E-state index in [9.17, 15) is 0 Å². The molecule has 3 aliphatic heterocycles. The summed E-state index contributed by atoms with van der Waals surface area (Å²) < 4.78 is 15.1. The monoisotopic (exact) mass is 809 g/mol. The number of para-hydroxylation sites is 2. The highest BCUT2D eigenvalue weighted by atomic mass is 16.5. The Balaban J connectivity index is 1.13. The molecule has 1 spiro atoms. The third-order valence-electron chi connectivity index (χ3n) is 13.5. The molecule has 2 aromatic heterocycles. The van der Waals surface area contributed by atoms with Crippen LogP contribution < -0.4 is 13.9 Å². The molecule has 0 fully saturated rings. The Morgan fingerprint density at radius 2 is 1.03 bits per heavy atom. The van der Waals surface area contributed by atoms with Gasteiger partial charge in [0.2, 0.25) is 5.69 Å². The summed E-state index contributed by atoms with van der Waals surface area (Å²) in [4.78, 5) is 0. The van der Waals surface area contributed by atoms with Crippen molar-refractivity contribution in [3.05, 3.63) is 218 Å². The van der Waals surface area contributed by atoms with Crippen molar-refractivity contribution < 1.29 is 13.9 Å². The number of ether oxygens (including phenoxy) is 1. The lowest BCUT2D eigenvalue weighted by molar-refractivity contribution is -0.997. The normalized spacial score (nSPS) is 15.1. The molecule has 5 heterocycles. The van der Waals surface area contributed by atoms with E-state index in [0.29, 0.717) is 0 Å². The molecule has 0 saturated heterocycles. The fourth-order valence-electron chi connectivity index (χ4n) is 10.5. The maximum Gasteiger partial charge on any atom is 0.499 e. The van der Waals surface area contributed by atoms with E-state index in [1.54, 1.807) is 0 Å². The number of nitrogens with zero attached hydrogens (tertiary/aromatic N) is 3. The van der Waals surface area contributed by atoms with Crippen LogP contribution in [0.5, 0.6) is 5.75 Å². The molecule has 1 atom stereocenters. The summed E-state index contributed by atoms with van der Waals surface area (Å²) in [5, 5.41) is 0. The van der Waals surface area contributed by atoms with E-state index in [1.807, 2.05) is 0 Å². The van der Waals surface area contributed by atoms with E-state index in [1.165, 1.54) is 61.2 Å². The van der Waals surface area contributed by atoms with Gasteiger partial charge in [0, 0.05) is 23.3 Å². The van der Waals surface area contributed by atoms with Crippen LogP contribution in [-0.2, 0) is 11.3 Å². The quantitative estimate of drug-likeness (QED) is 0.159. The van der Waals surface area contributed by atoms with Crippen LogP contribution >= 0.6 is 0 Å². The van der Waals surface area contributed by atoms with Gasteiger partial charge in [0.25, 0.3) is 0 Å². The van der Waals surface area contributed by atoms with Crippen molar-refractivity contribution in [2.24, 2.45) is 0 Å². The molecule has 0 saturated carbocycles. The first-order valence-corrected chi connectivity index (χ1v) is 21.9. The van der Waals surface area contributed by atoms with E-state index in [0.717, 1.165) is 50.7 Å². The summed E-state index contributed by atoms with van der Waals surface area (Å²) in [6.07, 6.45) is 2.26. The van der Waals surface area contributed by atoms with Gasteiger partial charge in [-0.1, -0.05) is 160 Å². The first-order valence-electron chi connectivity index (χ1n) is 21.9. The topological polar surface area (TPSA) is 21.9 Å². The molecule has 0 radical (unpaired) electrons. The van der Waals surface area contributed by atoms with Gasteiger partial charge in [0.05, 0.1) is 5.56 Å². The molecular weight excluding hydrogens is 767 g/mol. The van der Waals surface area contributed by atoms with Gasteiger partial charge in [-0.05, 0) is 104 Å². The van der Waals surface area contributed by atoms with Crippen molar-refractivity contribution in [2.75, 3.05) is 0 Å². The van der Waals surface area contributed by atoms with E-state index >= 15 is 0 Å². The minimum absolute atomic E-state index is 0.0874. The summed E-state index contributed by atoms with van der Waals surface area (Å²) in [6.45, 7) is 6.93. The number of rotatable bonds is 5. The summed E-state index contributed by atoms with van der Waals surface area (Å²) in [5.41, 5.74) is 21.0. The lowest BCUT2D eigenvalue weighted by atomic mass is 9.85. The average molecular weight is 810 g/mol. The SMILES string of the molecule is CC(C)(C)c1cc(-c2ccccc2)cc(-n2c3[n+]4c5c(cccc52)-c2cc(-c5ccccc5)cc5c2C4(Oc2ccccc2-3)[n+]2ccc(-c3ccc(-c4ccccc4)cc3)cc2-5)c1. The van der Waals surface area contributed by atoms with Gasteiger partial charge in [-0.25, -0.2) is 0 Å². The zero-order valence-electron chi connectivity index (χ0n) is 35.4. The predicted octanol–water partition coefficient (Wildman–Crippen LogP) is 13.4. The Hall–Kier alpha value is -7.82. The molecule has 0 N–H and O–H groups in total. The standard InChI is InChI=1S/C59H43N3O/c1-58(2,3)46-32-44(39-18-9-5-10-19-39)33-47(37-46)61-52-24-15-23-48-50-34-45(40-20-11-6-12-21-40)35-51-53-36-43(42-28-26-41(27-29-42)38-16-7-4-8-17-38)30-31-60(53)59(55(50)51)62(56(48)52)57(61)49-22-13-14-25-54(49)63-59/h4-37H,1-3H3/q+2. The van der Waals surface area contributed by atoms with Crippen molar-refractivity contribution >= 4 is 11.0 Å². The lowest BCUT2D eigenvalue weighted by Crippen LogP contribution is -2.78. The van der Waals surface area contributed by atoms with E-state index in [-0.39, 0.29) is 5.41 Å². The number of hydrogen-bond donors (Lipinski definition) is 0. The minimum atomic E-state index is -1.05. The van der Waals surface area contributed by atoms with E-state index in [2.05, 4.69) is 241 Å². The Morgan fingerprint density at radius 3 is 1.71 bits per heavy atom. The van der Waals surface area contributed by atoms with Gasteiger partial charge in [-0.15, -0.1) is 9.13 Å². The van der Waals surface area contributed by atoms with Crippen LogP contribution in [0, 0.1) is 0 Å². The molecule has 4 heteroatoms. The highest BCUT2D eigenvalue weighted by Gasteiger charge is 2.68. The average Bonchev–Trinajstić information content (AvgIpc) is 3.83. The van der Waals surface area contributed by atoms with Crippen molar-refractivity contribution in [3.63, 3.8) is 0 Å². The molecule has 13 rings (SSSR count). The maximum absolute atomic E-state index is 7.69. The minimum Gasteiger partial charge on any atom is -0.392 e. The van der Waals surface area contributed by atoms with Gasteiger partial charge >= 0.3 is 11.7 Å². The number of imidazole rings is 1. The van der Waals surface area contributed by atoms with Crippen LogP contribution in [0.25, 0.3) is 95.0 Å².